The van der Waals surface area contributed by atoms with Gasteiger partial charge in [-0.3, -0.25) is 0 Å². The normalized spacial score (nSPS) is 17.4. The van der Waals surface area contributed by atoms with E-state index in [0.717, 1.165) is 18.7 Å². The topological polar surface area (TPSA) is 63.8 Å². The van der Waals surface area contributed by atoms with Crippen LogP contribution in [0, 0.1) is 0 Å². The van der Waals surface area contributed by atoms with Gasteiger partial charge in [-0.05, 0) is 46.5 Å². The third kappa shape index (κ3) is 2.57. The molecule has 17 heavy (non-hydrogen) atoms. The van der Waals surface area contributed by atoms with E-state index in [1.807, 2.05) is 6.92 Å². The smallest absolute Gasteiger partial charge is 0.133 e. The van der Waals surface area contributed by atoms with Crippen molar-refractivity contribution in [3.05, 3.63) is 17.6 Å². The van der Waals surface area contributed by atoms with Crippen LogP contribution in [0.5, 0.6) is 0 Å². The highest BCUT2D eigenvalue weighted by Crippen LogP contribution is 2.26. The molecule has 4 nitrogen and oxygen atoms in total. The highest BCUT2D eigenvalue weighted by atomic mass is 15.1. The molecule has 1 atom stereocenters. The first kappa shape index (κ1) is 12.3. The Morgan fingerprint density at radius 1 is 1.29 bits per heavy atom. The Hall–Kier alpha value is -1.16. The number of anilines is 1. The number of nitrogens with one attached hydrogen (secondary N) is 1. The van der Waals surface area contributed by atoms with Crippen LogP contribution in [0.15, 0.2) is 6.33 Å². The molecule has 0 spiro atoms. The van der Waals surface area contributed by atoms with Crippen LogP contribution in [0.4, 0.5) is 5.82 Å². The lowest BCUT2D eigenvalue weighted by Gasteiger charge is -2.32. The van der Waals surface area contributed by atoms with Gasteiger partial charge in [-0.15, -0.1) is 0 Å². The number of hydrogen-bond acceptors (Lipinski definition) is 4. The summed E-state index contributed by atoms with van der Waals surface area (Å²) in [5, 5.41) is 3.47. The zero-order valence-electron chi connectivity index (χ0n) is 11.0. The van der Waals surface area contributed by atoms with Gasteiger partial charge in [0.2, 0.25) is 0 Å². The molecule has 0 saturated carbocycles. The van der Waals surface area contributed by atoms with E-state index in [-0.39, 0.29) is 11.6 Å². The lowest BCUT2D eigenvalue weighted by Crippen LogP contribution is -2.47. The first-order chi connectivity index (χ1) is 8.00. The quantitative estimate of drug-likeness (QED) is 0.838. The average Bonchev–Trinajstić information content (AvgIpc) is 2.29. The summed E-state index contributed by atoms with van der Waals surface area (Å²) in [4.78, 5) is 8.75. The fourth-order valence-corrected chi connectivity index (χ4v) is 2.05. The lowest BCUT2D eigenvalue weighted by atomic mass is 9.93. The monoisotopic (exact) mass is 234 g/mol. The fourth-order valence-electron chi connectivity index (χ4n) is 2.05. The SMILES string of the molecule is CC(N)C(C)(C)Nc1ncnc2c1CCCC2. The zero-order chi connectivity index (χ0) is 12.5. The molecule has 1 heterocycles. The minimum Gasteiger partial charge on any atom is -0.363 e. The molecule has 0 aliphatic heterocycles. The molecule has 1 aromatic rings. The number of hydrogen-bond donors (Lipinski definition) is 2. The van der Waals surface area contributed by atoms with E-state index in [4.69, 9.17) is 5.73 Å². The van der Waals surface area contributed by atoms with Crippen LogP contribution in [0.1, 0.15) is 44.9 Å². The summed E-state index contributed by atoms with van der Waals surface area (Å²) >= 11 is 0. The van der Waals surface area contributed by atoms with Crippen LogP contribution >= 0.6 is 0 Å². The van der Waals surface area contributed by atoms with Gasteiger partial charge in [-0.2, -0.15) is 0 Å². The lowest BCUT2D eigenvalue weighted by molar-refractivity contribution is 0.467. The highest BCUT2D eigenvalue weighted by Gasteiger charge is 2.25. The standard InChI is InChI=1S/C13H22N4/c1-9(14)13(2,3)17-12-10-6-4-5-7-11(10)15-8-16-12/h8-9H,4-7,14H2,1-3H3,(H,15,16,17). The molecule has 0 amide bonds. The predicted molar refractivity (Wildman–Crippen MR) is 70.0 cm³/mol. The Morgan fingerprint density at radius 3 is 2.71 bits per heavy atom. The fraction of sp³-hybridized carbons (Fsp3) is 0.692. The van der Waals surface area contributed by atoms with Crippen LogP contribution in [0.3, 0.4) is 0 Å². The van der Waals surface area contributed by atoms with Crippen LogP contribution in [-0.2, 0) is 12.8 Å². The molecule has 3 N–H and O–H groups in total. The van der Waals surface area contributed by atoms with Gasteiger partial charge in [0, 0.05) is 22.8 Å². The molecule has 0 bridgehead atoms. The second kappa shape index (κ2) is 4.61. The second-order valence-electron chi connectivity index (χ2n) is 5.49. The molecule has 94 valence electrons. The molecular formula is C13H22N4. The van der Waals surface area contributed by atoms with Crippen molar-refractivity contribution in [1.82, 2.24) is 9.97 Å². The molecule has 0 saturated heterocycles. The van der Waals surface area contributed by atoms with Crippen molar-refractivity contribution < 1.29 is 0 Å². The van der Waals surface area contributed by atoms with Gasteiger partial charge in [-0.25, -0.2) is 9.97 Å². The number of rotatable bonds is 3. The molecule has 1 aromatic heterocycles. The molecule has 0 aromatic carbocycles. The van der Waals surface area contributed by atoms with E-state index in [0.29, 0.717) is 0 Å². The number of aromatic nitrogens is 2. The van der Waals surface area contributed by atoms with E-state index in [2.05, 4.69) is 29.1 Å². The first-order valence-electron chi connectivity index (χ1n) is 6.37. The molecule has 1 unspecified atom stereocenters. The van der Waals surface area contributed by atoms with Crippen molar-refractivity contribution >= 4 is 5.82 Å². The number of aryl methyl sites for hydroxylation is 1. The van der Waals surface area contributed by atoms with Crippen LogP contribution < -0.4 is 11.1 Å². The van der Waals surface area contributed by atoms with E-state index < -0.39 is 0 Å². The van der Waals surface area contributed by atoms with Crippen molar-refractivity contribution in [2.75, 3.05) is 5.32 Å². The second-order valence-corrected chi connectivity index (χ2v) is 5.49. The number of fused-ring (bicyclic) bond motifs is 1. The van der Waals surface area contributed by atoms with Crippen molar-refractivity contribution in [2.45, 2.75) is 58.0 Å². The maximum atomic E-state index is 5.99. The Balaban J connectivity index is 2.27. The van der Waals surface area contributed by atoms with Gasteiger partial charge in [0.05, 0.1) is 0 Å². The van der Waals surface area contributed by atoms with Gasteiger partial charge < -0.3 is 11.1 Å². The average molecular weight is 234 g/mol. The highest BCUT2D eigenvalue weighted by molar-refractivity contribution is 5.49. The minimum absolute atomic E-state index is 0.0664. The minimum atomic E-state index is -0.153. The Morgan fingerprint density at radius 2 is 2.00 bits per heavy atom. The van der Waals surface area contributed by atoms with E-state index in [1.165, 1.54) is 24.1 Å². The summed E-state index contributed by atoms with van der Waals surface area (Å²) in [7, 11) is 0. The van der Waals surface area contributed by atoms with Gasteiger partial charge in [0.15, 0.2) is 0 Å². The van der Waals surface area contributed by atoms with Gasteiger partial charge in [-0.1, -0.05) is 0 Å². The maximum Gasteiger partial charge on any atom is 0.133 e. The number of nitrogens with two attached hydrogens (primary N) is 1. The largest absolute Gasteiger partial charge is 0.363 e. The Labute approximate surface area is 103 Å². The van der Waals surface area contributed by atoms with Crippen LogP contribution in [0.25, 0.3) is 0 Å². The molecule has 1 aliphatic carbocycles. The molecule has 4 heteroatoms. The summed E-state index contributed by atoms with van der Waals surface area (Å²) in [6.07, 6.45) is 6.27. The van der Waals surface area contributed by atoms with Crippen LogP contribution in [-0.4, -0.2) is 21.5 Å². The molecule has 0 fully saturated rings. The van der Waals surface area contributed by atoms with Gasteiger partial charge in [0.25, 0.3) is 0 Å². The molecule has 1 aliphatic rings. The summed E-state index contributed by atoms with van der Waals surface area (Å²) < 4.78 is 0. The number of nitrogens with zero attached hydrogens (tertiary/aromatic N) is 2. The maximum absolute atomic E-state index is 5.99. The van der Waals surface area contributed by atoms with Gasteiger partial charge in [0.1, 0.15) is 12.1 Å². The third-order valence-electron chi connectivity index (χ3n) is 3.70. The van der Waals surface area contributed by atoms with E-state index in [1.54, 1.807) is 6.33 Å². The van der Waals surface area contributed by atoms with Crippen molar-refractivity contribution in [3.63, 3.8) is 0 Å². The van der Waals surface area contributed by atoms with E-state index >= 15 is 0 Å². The Bertz CT molecular complexity index is 398. The molecular weight excluding hydrogens is 212 g/mol. The summed E-state index contributed by atoms with van der Waals surface area (Å²) in [6, 6.07) is 0.0664. The summed E-state index contributed by atoms with van der Waals surface area (Å²) in [5.74, 6) is 0.969. The van der Waals surface area contributed by atoms with Crippen molar-refractivity contribution in [1.29, 1.82) is 0 Å². The van der Waals surface area contributed by atoms with E-state index in [9.17, 15) is 0 Å². The zero-order valence-corrected chi connectivity index (χ0v) is 11.0. The van der Waals surface area contributed by atoms with Crippen LogP contribution in [0.2, 0.25) is 0 Å². The predicted octanol–water partition coefficient (Wildman–Crippen LogP) is 1.89. The van der Waals surface area contributed by atoms with Crippen molar-refractivity contribution in [2.24, 2.45) is 5.73 Å². The van der Waals surface area contributed by atoms with Gasteiger partial charge >= 0.3 is 0 Å². The summed E-state index contributed by atoms with van der Waals surface area (Å²) in [6.45, 7) is 6.23. The first-order valence-corrected chi connectivity index (χ1v) is 6.37. The third-order valence-corrected chi connectivity index (χ3v) is 3.70. The molecule has 2 rings (SSSR count). The van der Waals surface area contributed by atoms with Crippen molar-refractivity contribution in [3.8, 4) is 0 Å². The molecule has 0 radical (unpaired) electrons. The Kier molecular flexibility index (Phi) is 3.33. The summed E-state index contributed by atoms with van der Waals surface area (Å²) in [5.41, 5.74) is 8.32.